The van der Waals surface area contributed by atoms with E-state index in [2.05, 4.69) is 25.7 Å². The highest BCUT2D eigenvalue weighted by atomic mass is 19.1. The smallest absolute Gasteiger partial charge is 0.335 e. The Morgan fingerprint density at radius 2 is 1.89 bits per heavy atom. The van der Waals surface area contributed by atoms with Crippen molar-refractivity contribution in [3.05, 3.63) is 93.8 Å². The lowest BCUT2D eigenvalue weighted by Crippen LogP contribution is -2.31. The van der Waals surface area contributed by atoms with E-state index in [-0.39, 0.29) is 34.6 Å². The molecule has 2 heterocycles. The molecule has 5 rings (SSSR count). The molecule has 37 heavy (non-hydrogen) atoms. The summed E-state index contributed by atoms with van der Waals surface area (Å²) in [6.07, 6.45) is 2.49. The molecular weight excluding hydrogens is 479 g/mol. The topological polar surface area (TPSA) is 139 Å². The van der Waals surface area contributed by atoms with Crippen LogP contribution in [0.4, 0.5) is 4.39 Å². The summed E-state index contributed by atoms with van der Waals surface area (Å²) in [4.78, 5) is 46.1. The van der Waals surface area contributed by atoms with Gasteiger partial charge >= 0.3 is 5.97 Å². The second-order valence-electron chi connectivity index (χ2n) is 8.92. The van der Waals surface area contributed by atoms with Crippen molar-refractivity contribution in [1.29, 1.82) is 0 Å². The number of carboxylic acid groups (broad SMARTS) is 1. The van der Waals surface area contributed by atoms with Gasteiger partial charge in [0.25, 0.3) is 17.6 Å². The normalized spacial score (nSPS) is 15.3. The number of halogens is 1. The molecule has 2 aromatic carbocycles. The van der Waals surface area contributed by atoms with Crippen LogP contribution in [0.3, 0.4) is 0 Å². The van der Waals surface area contributed by atoms with Crippen LogP contribution >= 0.6 is 0 Å². The van der Waals surface area contributed by atoms with Crippen LogP contribution in [0.1, 0.15) is 79.0 Å². The van der Waals surface area contributed by atoms with Gasteiger partial charge in [-0.05, 0) is 67.1 Å². The number of hydrogen-bond acceptors (Lipinski definition) is 6. The number of benzene rings is 2. The number of aromatic carboxylic acids is 1. The van der Waals surface area contributed by atoms with Gasteiger partial charge in [-0.3, -0.25) is 9.59 Å². The second-order valence-corrected chi connectivity index (χ2v) is 8.92. The highest BCUT2D eigenvalue weighted by Gasteiger charge is 2.29. The van der Waals surface area contributed by atoms with Crippen LogP contribution in [-0.2, 0) is 6.42 Å². The summed E-state index contributed by atoms with van der Waals surface area (Å²) >= 11 is 0. The SMILES string of the molecule is Cc1c(C(=O)O)ccc2c1CC[C@@H]2NC(=O)c1cc(C(=O)N[C@@H](C)c2ccc(F)cc2)nc2ncnn12. The van der Waals surface area contributed by atoms with E-state index in [1.54, 1.807) is 38.1 Å². The van der Waals surface area contributed by atoms with E-state index in [0.29, 0.717) is 24.0 Å². The van der Waals surface area contributed by atoms with Crippen molar-refractivity contribution in [3.63, 3.8) is 0 Å². The van der Waals surface area contributed by atoms with Gasteiger partial charge in [0.15, 0.2) is 0 Å². The minimum Gasteiger partial charge on any atom is -0.478 e. The summed E-state index contributed by atoms with van der Waals surface area (Å²) < 4.78 is 14.5. The van der Waals surface area contributed by atoms with Crippen LogP contribution in [0.25, 0.3) is 5.78 Å². The van der Waals surface area contributed by atoms with Gasteiger partial charge in [0.1, 0.15) is 23.5 Å². The molecule has 0 radical (unpaired) electrons. The molecule has 0 saturated heterocycles. The number of aromatic nitrogens is 4. The fraction of sp³-hybridized carbons (Fsp3) is 0.231. The fourth-order valence-electron chi connectivity index (χ4n) is 4.69. The number of fused-ring (bicyclic) bond motifs is 2. The first-order valence-electron chi connectivity index (χ1n) is 11.7. The lowest BCUT2D eigenvalue weighted by atomic mass is 9.98. The molecule has 2 amide bonds. The maximum Gasteiger partial charge on any atom is 0.335 e. The standard InChI is InChI=1S/C26H23FN6O4/c1-13-17-9-10-20(19(17)8-7-18(13)25(36)37)31-24(35)22-11-21(32-26-28-12-29-33(22)26)23(34)30-14(2)15-3-5-16(27)6-4-15/h3-8,11-12,14,20H,9-10H2,1-2H3,(H,30,34)(H,31,35)(H,36,37)/t14-,20-/m0/s1. The molecule has 4 aromatic rings. The van der Waals surface area contributed by atoms with Gasteiger partial charge in [-0.1, -0.05) is 18.2 Å². The zero-order valence-corrected chi connectivity index (χ0v) is 20.0. The number of rotatable bonds is 6. The average Bonchev–Trinajstić information content (AvgIpc) is 3.51. The van der Waals surface area contributed by atoms with Gasteiger partial charge in [-0.2, -0.15) is 14.6 Å². The van der Waals surface area contributed by atoms with Crippen LogP contribution in [0, 0.1) is 12.7 Å². The second kappa shape index (κ2) is 9.41. The van der Waals surface area contributed by atoms with Crippen LogP contribution in [-0.4, -0.2) is 42.5 Å². The number of nitrogens with zero attached hydrogens (tertiary/aromatic N) is 4. The molecule has 188 valence electrons. The molecule has 0 saturated carbocycles. The number of carbonyl (C=O) groups is 3. The van der Waals surface area contributed by atoms with Crippen molar-refractivity contribution in [2.24, 2.45) is 0 Å². The van der Waals surface area contributed by atoms with Gasteiger partial charge < -0.3 is 15.7 Å². The zero-order chi connectivity index (χ0) is 26.3. The predicted octanol–water partition coefficient (Wildman–Crippen LogP) is 3.18. The van der Waals surface area contributed by atoms with E-state index in [0.717, 1.165) is 11.1 Å². The van der Waals surface area contributed by atoms with Gasteiger partial charge in [0.05, 0.1) is 17.6 Å². The van der Waals surface area contributed by atoms with Crippen LogP contribution in [0.5, 0.6) is 0 Å². The van der Waals surface area contributed by atoms with Crippen molar-refractivity contribution in [2.45, 2.75) is 38.8 Å². The third-order valence-electron chi connectivity index (χ3n) is 6.66. The van der Waals surface area contributed by atoms with E-state index in [4.69, 9.17) is 0 Å². The Labute approximate surface area is 210 Å². The molecule has 0 bridgehead atoms. The Hall–Kier alpha value is -4.67. The van der Waals surface area contributed by atoms with Crippen molar-refractivity contribution >= 4 is 23.6 Å². The summed E-state index contributed by atoms with van der Waals surface area (Å²) in [5, 5.41) is 19.2. The lowest BCUT2D eigenvalue weighted by molar-refractivity contribution is 0.0695. The third kappa shape index (κ3) is 4.51. The Bertz CT molecular complexity index is 1550. The maximum atomic E-state index is 13.3. The van der Waals surface area contributed by atoms with Crippen LogP contribution in [0.15, 0.2) is 48.8 Å². The maximum absolute atomic E-state index is 13.3. The van der Waals surface area contributed by atoms with Crippen molar-refractivity contribution in [1.82, 2.24) is 30.2 Å². The summed E-state index contributed by atoms with van der Waals surface area (Å²) in [6, 6.07) is 9.65. The van der Waals surface area contributed by atoms with Crippen molar-refractivity contribution in [2.75, 3.05) is 0 Å². The Morgan fingerprint density at radius 3 is 2.62 bits per heavy atom. The number of amides is 2. The van der Waals surface area contributed by atoms with E-state index in [9.17, 15) is 23.9 Å². The first-order valence-corrected chi connectivity index (χ1v) is 11.7. The van der Waals surface area contributed by atoms with E-state index in [1.165, 1.54) is 29.0 Å². The lowest BCUT2D eigenvalue weighted by Gasteiger charge is -2.17. The van der Waals surface area contributed by atoms with Gasteiger partial charge in [0.2, 0.25) is 0 Å². The molecule has 1 aliphatic rings. The van der Waals surface area contributed by atoms with E-state index in [1.807, 2.05) is 0 Å². The quantitative estimate of drug-likeness (QED) is 0.368. The van der Waals surface area contributed by atoms with E-state index >= 15 is 0 Å². The average molecular weight is 503 g/mol. The first-order chi connectivity index (χ1) is 17.7. The molecule has 0 unspecified atom stereocenters. The van der Waals surface area contributed by atoms with E-state index < -0.39 is 23.8 Å². The van der Waals surface area contributed by atoms with Gasteiger partial charge in [-0.15, -0.1) is 0 Å². The fourth-order valence-corrected chi connectivity index (χ4v) is 4.69. The molecule has 0 aliphatic heterocycles. The van der Waals surface area contributed by atoms with Crippen molar-refractivity contribution < 1.29 is 23.9 Å². The molecule has 2 aromatic heterocycles. The molecule has 0 spiro atoms. The molecule has 11 heteroatoms. The third-order valence-corrected chi connectivity index (χ3v) is 6.66. The van der Waals surface area contributed by atoms with Crippen molar-refractivity contribution in [3.8, 4) is 0 Å². The Kier molecular flexibility index (Phi) is 6.12. The van der Waals surface area contributed by atoms with Crippen LogP contribution < -0.4 is 10.6 Å². The molecule has 2 atom stereocenters. The molecule has 0 fully saturated rings. The Balaban J connectivity index is 1.39. The molecular formula is C26H23FN6O4. The number of carboxylic acids is 1. The highest BCUT2D eigenvalue weighted by Crippen LogP contribution is 2.35. The minimum atomic E-state index is -0.988. The minimum absolute atomic E-state index is 0.0200. The van der Waals surface area contributed by atoms with Gasteiger partial charge in [-0.25, -0.2) is 14.2 Å². The monoisotopic (exact) mass is 502 g/mol. The Morgan fingerprint density at radius 1 is 1.14 bits per heavy atom. The van der Waals surface area contributed by atoms with Gasteiger partial charge in [0, 0.05) is 6.07 Å². The molecule has 1 aliphatic carbocycles. The molecule has 10 nitrogen and oxygen atoms in total. The summed E-state index contributed by atoms with van der Waals surface area (Å²) in [7, 11) is 0. The summed E-state index contributed by atoms with van der Waals surface area (Å²) in [5.41, 5.74) is 3.49. The predicted molar refractivity (Wildman–Crippen MR) is 130 cm³/mol. The number of hydrogen-bond donors (Lipinski definition) is 3. The highest BCUT2D eigenvalue weighted by molar-refractivity contribution is 5.98. The summed E-state index contributed by atoms with van der Waals surface area (Å²) in [6.45, 7) is 3.52. The van der Waals surface area contributed by atoms with Crippen LogP contribution in [0.2, 0.25) is 0 Å². The molecule has 3 N–H and O–H groups in total. The number of carbonyl (C=O) groups excluding carboxylic acids is 2. The number of nitrogens with one attached hydrogen (secondary N) is 2. The first kappa shape index (κ1) is 24.0. The summed E-state index contributed by atoms with van der Waals surface area (Å²) in [5.74, 6) is -2.28. The largest absolute Gasteiger partial charge is 0.478 e. The zero-order valence-electron chi connectivity index (χ0n) is 20.0.